The molecule has 0 spiro atoms. The van der Waals surface area contributed by atoms with Crippen LogP contribution in [0, 0.1) is 0 Å². The lowest BCUT2D eigenvalue weighted by atomic mass is 10.1. The Morgan fingerprint density at radius 2 is 0.629 bits per heavy atom. The summed E-state index contributed by atoms with van der Waals surface area (Å²) in [6, 6.07) is 65.7. The molecule has 0 radical (unpaired) electrons. The molecule has 7 heteroatoms. The average Bonchev–Trinajstić information content (AvgIpc) is 4.04. The molecule has 13 rings (SSSR count). The Hall–Kier alpha value is -8.03. The molecule has 0 amide bonds. The van der Waals surface area contributed by atoms with Crippen LogP contribution in [-0.2, 0) is 6.18 Å². The lowest BCUT2D eigenvalue weighted by molar-refractivity contribution is -0.137. The highest BCUT2D eigenvalue weighted by molar-refractivity contribution is 6.28. The van der Waals surface area contributed by atoms with Crippen molar-refractivity contribution in [1.29, 1.82) is 0 Å². The summed E-state index contributed by atoms with van der Waals surface area (Å²) in [5.41, 5.74) is 8.02. The molecule has 4 nitrogen and oxygen atoms in total. The van der Waals surface area contributed by atoms with E-state index in [0.29, 0.717) is 11.0 Å². The summed E-state index contributed by atoms with van der Waals surface area (Å²) in [5, 5.41) is 7.24. The first kappa shape index (κ1) is 34.8. The predicted octanol–water partition coefficient (Wildman–Crippen LogP) is 15.1. The van der Waals surface area contributed by atoms with Crippen molar-refractivity contribution >= 4 is 87.2 Å². The molecule has 0 unspecified atom stereocenters. The van der Waals surface area contributed by atoms with E-state index in [1.807, 2.05) is 118 Å². The molecule has 0 N–H and O–H groups in total. The normalized spacial score (nSPS) is 12.4. The molecular weight excluding hydrogens is 774 g/mol. The minimum atomic E-state index is -4.76. The number of para-hydroxylation sites is 6. The Morgan fingerprint density at radius 3 is 1.03 bits per heavy atom. The van der Waals surface area contributed by atoms with E-state index in [-0.39, 0.29) is 11.4 Å². The number of halogens is 3. The van der Waals surface area contributed by atoms with Crippen molar-refractivity contribution < 1.29 is 13.2 Å². The van der Waals surface area contributed by atoms with Crippen LogP contribution in [0.5, 0.6) is 0 Å². The van der Waals surface area contributed by atoms with Crippen LogP contribution in [0.3, 0.4) is 0 Å². The lowest BCUT2D eigenvalue weighted by Gasteiger charge is -2.21. The topological polar surface area (TPSA) is 19.7 Å². The van der Waals surface area contributed by atoms with Crippen molar-refractivity contribution in [2.24, 2.45) is 0 Å². The minimum Gasteiger partial charge on any atom is -0.309 e. The van der Waals surface area contributed by atoms with Crippen molar-refractivity contribution in [2.45, 2.75) is 6.18 Å². The molecule has 0 saturated heterocycles. The molecule has 62 heavy (non-hydrogen) atoms. The van der Waals surface area contributed by atoms with Gasteiger partial charge in [0, 0.05) is 54.5 Å². The number of benzene rings is 9. The molecule has 9 aromatic carbocycles. The maximum absolute atomic E-state index is 16.6. The SMILES string of the molecule is FC(F)(F)c1c(-n2c3ccccc3c3ccc4c(c5ccccc5n4-c4ccccc4)c32)cccc1-n1c2ccccc2c2ccc3c(c4ccccc4n3-c3ccccc3)c21. The van der Waals surface area contributed by atoms with Gasteiger partial charge in [0.05, 0.1) is 55.5 Å². The first-order valence-corrected chi connectivity index (χ1v) is 20.7. The minimum absolute atomic E-state index is 0.0649. The third kappa shape index (κ3) is 4.67. The van der Waals surface area contributed by atoms with Crippen LogP contribution in [0.1, 0.15) is 5.56 Å². The molecule has 0 fully saturated rings. The fourth-order valence-electron chi connectivity index (χ4n) is 10.4. The van der Waals surface area contributed by atoms with Gasteiger partial charge in [-0.3, -0.25) is 0 Å². The molecule has 0 aliphatic rings. The summed E-state index contributed by atoms with van der Waals surface area (Å²) < 4.78 is 58.1. The van der Waals surface area contributed by atoms with E-state index in [1.165, 1.54) is 0 Å². The first-order valence-electron chi connectivity index (χ1n) is 20.7. The third-order valence-electron chi connectivity index (χ3n) is 12.8. The molecule has 0 aliphatic carbocycles. The van der Waals surface area contributed by atoms with Crippen LogP contribution in [0.15, 0.2) is 200 Å². The van der Waals surface area contributed by atoms with Crippen molar-refractivity contribution in [1.82, 2.24) is 18.3 Å². The third-order valence-corrected chi connectivity index (χ3v) is 12.8. The Morgan fingerprint density at radius 1 is 0.274 bits per heavy atom. The molecule has 0 bridgehead atoms. The highest BCUT2D eigenvalue weighted by Gasteiger charge is 2.39. The monoisotopic (exact) mass is 806 g/mol. The fraction of sp³-hybridized carbons (Fsp3) is 0.0182. The quantitative estimate of drug-likeness (QED) is 0.169. The molecule has 4 heterocycles. The lowest BCUT2D eigenvalue weighted by Crippen LogP contribution is -2.15. The summed E-state index contributed by atoms with van der Waals surface area (Å²) in [5.74, 6) is 0. The van der Waals surface area contributed by atoms with E-state index >= 15 is 13.2 Å². The number of hydrogen-bond donors (Lipinski definition) is 0. The van der Waals surface area contributed by atoms with Crippen molar-refractivity contribution in [3.63, 3.8) is 0 Å². The Labute approximate surface area is 352 Å². The maximum Gasteiger partial charge on any atom is 0.420 e. The summed E-state index contributed by atoms with van der Waals surface area (Å²) in [4.78, 5) is 0. The van der Waals surface area contributed by atoms with Crippen molar-refractivity contribution in [2.75, 3.05) is 0 Å². The predicted molar refractivity (Wildman–Crippen MR) is 249 cm³/mol. The smallest absolute Gasteiger partial charge is 0.309 e. The highest BCUT2D eigenvalue weighted by atomic mass is 19.4. The number of alkyl halides is 3. The van der Waals surface area contributed by atoms with E-state index in [9.17, 15) is 0 Å². The Kier molecular flexibility index (Phi) is 7.15. The Balaban J connectivity index is 1.21. The maximum atomic E-state index is 16.6. The van der Waals surface area contributed by atoms with Crippen LogP contribution >= 0.6 is 0 Å². The second-order valence-electron chi connectivity index (χ2n) is 16.0. The molecule has 0 atom stereocenters. The van der Waals surface area contributed by atoms with Gasteiger partial charge < -0.3 is 18.3 Å². The number of hydrogen-bond acceptors (Lipinski definition) is 0. The largest absolute Gasteiger partial charge is 0.420 e. The average molecular weight is 807 g/mol. The highest BCUT2D eigenvalue weighted by Crippen LogP contribution is 2.48. The summed E-state index contributed by atoms with van der Waals surface area (Å²) in [6.07, 6.45) is -4.76. The van der Waals surface area contributed by atoms with Gasteiger partial charge in [-0.05, 0) is 72.8 Å². The number of aromatic nitrogens is 4. The molecule has 294 valence electrons. The number of nitrogens with zero attached hydrogens (tertiary/aromatic N) is 4. The van der Waals surface area contributed by atoms with Gasteiger partial charge >= 0.3 is 6.18 Å². The number of fused-ring (bicyclic) bond motifs is 14. The van der Waals surface area contributed by atoms with E-state index in [1.54, 1.807) is 18.2 Å². The van der Waals surface area contributed by atoms with Gasteiger partial charge in [-0.2, -0.15) is 13.2 Å². The zero-order valence-electron chi connectivity index (χ0n) is 33.0. The van der Waals surface area contributed by atoms with Gasteiger partial charge in [-0.1, -0.05) is 127 Å². The standard InChI is InChI=1S/C55H33F3N4/c56-55(57,58)52-48(61-42-24-11-7-20-36(42)38-30-32-46-50(53(38)61)40-22-9-13-26-44(40)59(46)34-16-3-1-4-17-34)28-15-29-49(52)62-43-25-12-8-21-37(43)39-31-33-47-51(54(39)62)41-23-10-14-27-45(41)60(47)35-18-5-2-6-19-35/h1-33H. The van der Waals surface area contributed by atoms with Gasteiger partial charge in [0.15, 0.2) is 0 Å². The molecule has 0 aliphatic heterocycles. The van der Waals surface area contributed by atoms with Gasteiger partial charge in [-0.25, -0.2) is 0 Å². The van der Waals surface area contributed by atoms with E-state index in [4.69, 9.17) is 0 Å². The summed E-state index contributed by atoms with van der Waals surface area (Å²) in [7, 11) is 0. The van der Waals surface area contributed by atoms with E-state index < -0.39 is 11.7 Å². The van der Waals surface area contributed by atoms with E-state index in [2.05, 4.69) is 81.9 Å². The second kappa shape index (κ2) is 12.7. The summed E-state index contributed by atoms with van der Waals surface area (Å²) in [6.45, 7) is 0. The molecule has 4 aromatic heterocycles. The van der Waals surface area contributed by atoms with Crippen LogP contribution < -0.4 is 0 Å². The fourth-order valence-corrected chi connectivity index (χ4v) is 10.4. The Bertz CT molecular complexity index is 3710. The van der Waals surface area contributed by atoms with Gasteiger partial charge in [0.2, 0.25) is 0 Å². The zero-order valence-corrected chi connectivity index (χ0v) is 33.0. The van der Waals surface area contributed by atoms with Gasteiger partial charge in [0.1, 0.15) is 5.56 Å². The van der Waals surface area contributed by atoms with Crippen molar-refractivity contribution in [3.05, 3.63) is 206 Å². The van der Waals surface area contributed by atoms with Gasteiger partial charge in [-0.15, -0.1) is 0 Å². The summed E-state index contributed by atoms with van der Waals surface area (Å²) >= 11 is 0. The van der Waals surface area contributed by atoms with Crippen LogP contribution in [0.2, 0.25) is 0 Å². The zero-order chi connectivity index (χ0) is 41.3. The first-order chi connectivity index (χ1) is 30.5. The second-order valence-corrected chi connectivity index (χ2v) is 16.0. The van der Waals surface area contributed by atoms with Crippen molar-refractivity contribution in [3.8, 4) is 22.7 Å². The number of rotatable bonds is 4. The van der Waals surface area contributed by atoms with Crippen LogP contribution in [0.25, 0.3) is 110 Å². The van der Waals surface area contributed by atoms with Crippen LogP contribution in [-0.4, -0.2) is 18.3 Å². The molecular formula is C55H33F3N4. The van der Waals surface area contributed by atoms with E-state index in [0.717, 1.165) is 87.6 Å². The van der Waals surface area contributed by atoms with Crippen LogP contribution in [0.4, 0.5) is 13.2 Å². The molecule has 13 aromatic rings. The van der Waals surface area contributed by atoms with Gasteiger partial charge in [0.25, 0.3) is 0 Å². The molecule has 0 saturated carbocycles.